The Morgan fingerprint density at radius 1 is 1.50 bits per heavy atom. The Hall–Kier alpha value is -1.38. The number of rotatable bonds is 1. The molecular weight excluding hydrogens is 180 g/mol. The summed E-state index contributed by atoms with van der Waals surface area (Å²) in [6.07, 6.45) is 8.44. The van der Waals surface area contributed by atoms with Crippen molar-refractivity contribution in [3.63, 3.8) is 0 Å². The fourth-order valence-corrected chi connectivity index (χ4v) is 2.27. The van der Waals surface area contributed by atoms with E-state index in [1.165, 1.54) is 6.08 Å². The van der Waals surface area contributed by atoms with Crippen LogP contribution >= 0.6 is 0 Å². The molecule has 0 radical (unpaired) electrons. The Balaban J connectivity index is 2.42. The third-order valence-electron chi connectivity index (χ3n) is 3.18. The molecule has 0 fully saturated rings. The van der Waals surface area contributed by atoms with Crippen LogP contribution in [-0.4, -0.2) is 16.9 Å². The highest BCUT2D eigenvalue weighted by Crippen LogP contribution is 2.44. The molecule has 0 heterocycles. The van der Waals surface area contributed by atoms with Crippen LogP contribution in [-0.2, 0) is 9.59 Å². The second kappa shape index (κ2) is 3.08. The molecule has 0 saturated carbocycles. The van der Waals surface area contributed by atoms with Crippen LogP contribution < -0.4 is 0 Å². The largest absolute Gasteiger partial charge is 0.481 e. The predicted molar refractivity (Wildman–Crippen MR) is 50.7 cm³/mol. The first-order chi connectivity index (χ1) is 6.65. The number of aliphatic carboxylic acids is 1. The van der Waals surface area contributed by atoms with Gasteiger partial charge in [-0.15, -0.1) is 0 Å². The molecule has 0 aliphatic heterocycles. The zero-order valence-corrected chi connectivity index (χ0v) is 7.77. The number of carboxylic acids is 1. The predicted octanol–water partition coefficient (Wildman–Crippen LogP) is 1.55. The number of hydrogen-bond acceptors (Lipinski definition) is 2. The zero-order chi connectivity index (χ0) is 10.2. The minimum atomic E-state index is -0.817. The van der Waals surface area contributed by atoms with Crippen LogP contribution in [0.1, 0.15) is 19.3 Å². The third kappa shape index (κ3) is 1.20. The second-order valence-electron chi connectivity index (χ2n) is 3.96. The summed E-state index contributed by atoms with van der Waals surface area (Å²) in [6.45, 7) is 0. The first-order valence-corrected chi connectivity index (χ1v) is 4.75. The molecule has 0 aromatic rings. The molecule has 2 rings (SSSR count). The van der Waals surface area contributed by atoms with Gasteiger partial charge in [-0.1, -0.05) is 18.2 Å². The summed E-state index contributed by atoms with van der Waals surface area (Å²) in [5, 5.41) is 9.21. The SMILES string of the molecule is O=C1C=C[C@@]2(C(=O)O)CC=CC[C@H]2C1. The number of carbonyl (C=O) groups excluding carboxylic acids is 1. The molecule has 74 valence electrons. The van der Waals surface area contributed by atoms with Crippen LogP contribution in [0.5, 0.6) is 0 Å². The Bertz CT molecular complexity index is 340. The number of ketones is 1. The van der Waals surface area contributed by atoms with E-state index in [0.717, 1.165) is 0 Å². The van der Waals surface area contributed by atoms with Crippen LogP contribution in [0.3, 0.4) is 0 Å². The first kappa shape index (κ1) is 9.19. The van der Waals surface area contributed by atoms with Crippen molar-refractivity contribution in [2.24, 2.45) is 11.3 Å². The maximum Gasteiger partial charge on any atom is 0.314 e. The standard InChI is InChI=1S/C11H12O3/c12-9-4-6-11(10(13)14)5-2-1-3-8(11)7-9/h1-2,4,6,8H,3,5,7H2,(H,13,14)/t8-,11-/m0/s1. The van der Waals surface area contributed by atoms with Gasteiger partial charge in [0.2, 0.25) is 0 Å². The summed E-state index contributed by atoms with van der Waals surface area (Å²) in [4.78, 5) is 22.4. The molecule has 2 aliphatic carbocycles. The normalized spacial score (nSPS) is 35.4. The van der Waals surface area contributed by atoms with Gasteiger partial charge in [0.1, 0.15) is 0 Å². The van der Waals surface area contributed by atoms with Gasteiger partial charge in [0, 0.05) is 6.42 Å². The minimum Gasteiger partial charge on any atom is -0.481 e. The lowest BCUT2D eigenvalue weighted by Gasteiger charge is -2.37. The van der Waals surface area contributed by atoms with Gasteiger partial charge < -0.3 is 5.11 Å². The van der Waals surface area contributed by atoms with Crippen LogP contribution in [0.25, 0.3) is 0 Å². The lowest BCUT2D eigenvalue weighted by atomic mass is 9.64. The van der Waals surface area contributed by atoms with Crippen LogP contribution in [0.4, 0.5) is 0 Å². The molecule has 0 aromatic heterocycles. The van der Waals surface area contributed by atoms with Crippen molar-refractivity contribution in [1.29, 1.82) is 0 Å². The lowest BCUT2D eigenvalue weighted by Crippen LogP contribution is -2.41. The minimum absolute atomic E-state index is 0.0437. The number of allylic oxidation sites excluding steroid dienone is 3. The average Bonchev–Trinajstić information content (AvgIpc) is 2.17. The summed E-state index contributed by atoms with van der Waals surface area (Å²) in [7, 11) is 0. The van der Waals surface area contributed by atoms with Gasteiger partial charge in [0.25, 0.3) is 0 Å². The number of carboxylic acid groups (broad SMARTS) is 1. The summed E-state index contributed by atoms with van der Waals surface area (Å²) < 4.78 is 0. The molecule has 1 N–H and O–H groups in total. The molecule has 3 nitrogen and oxygen atoms in total. The summed E-state index contributed by atoms with van der Waals surface area (Å²) in [6, 6.07) is 0. The van der Waals surface area contributed by atoms with E-state index in [-0.39, 0.29) is 11.7 Å². The van der Waals surface area contributed by atoms with Crippen LogP contribution in [0.15, 0.2) is 24.3 Å². The van der Waals surface area contributed by atoms with Gasteiger partial charge in [0.05, 0.1) is 5.41 Å². The second-order valence-corrected chi connectivity index (χ2v) is 3.96. The van der Waals surface area contributed by atoms with Crippen molar-refractivity contribution in [2.75, 3.05) is 0 Å². The summed E-state index contributed by atoms with van der Waals surface area (Å²) in [5.41, 5.74) is -0.817. The fourth-order valence-electron chi connectivity index (χ4n) is 2.27. The summed E-state index contributed by atoms with van der Waals surface area (Å²) >= 11 is 0. The Labute approximate surface area is 82.1 Å². The van der Waals surface area contributed by atoms with Crippen molar-refractivity contribution in [2.45, 2.75) is 19.3 Å². The van der Waals surface area contributed by atoms with Crippen molar-refractivity contribution in [3.05, 3.63) is 24.3 Å². The number of hydrogen-bond donors (Lipinski definition) is 1. The monoisotopic (exact) mass is 192 g/mol. The smallest absolute Gasteiger partial charge is 0.314 e. The fraction of sp³-hybridized carbons (Fsp3) is 0.455. The topological polar surface area (TPSA) is 54.4 Å². The summed E-state index contributed by atoms with van der Waals surface area (Å²) in [5.74, 6) is -0.819. The van der Waals surface area contributed by atoms with E-state index in [2.05, 4.69) is 0 Å². The van der Waals surface area contributed by atoms with Gasteiger partial charge >= 0.3 is 5.97 Å². The van der Waals surface area contributed by atoms with Crippen molar-refractivity contribution >= 4 is 11.8 Å². The molecule has 14 heavy (non-hydrogen) atoms. The molecule has 0 unspecified atom stereocenters. The molecule has 2 aliphatic rings. The molecule has 0 amide bonds. The maximum absolute atomic E-state index is 11.2. The zero-order valence-electron chi connectivity index (χ0n) is 7.77. The van der Waals surface area contributed by atoms with Gasteiger partial charge in [-0.25, -0.2) is 0 Å². The van der Waals surface area contributed by atoms with E-state index in [4.69, 9.17) is 0 Å². The van der Waals surface area contributed by atoms with Crippen molar-refractivity contribution in [3.8, 4) is 0 Å². The van der Waals surface area contributed by atoms with Gasteiger partial charge in [0.15, 0.2) is 5.78 Å². The van der Waals surface area contributed by atoms with Crippen LogP contribution in [0, 0.1) is 11.3 Å². The first-order valence-electron chi connectivity index (χ1n) is 4.75. The number of carbonyl (C=O) groups is 2. The Morgan fingerprint density at radius 3 is 3.00 bits per heavy atom. The van der Waals surface area contributed by atoms with E-state index in [0.29, 0.717) is 19.3 Å². The van der Waals surface area contributed by atoms with E-state index >= 15 is 0 Å². The average molecular weight is 192 g/mol. The lowest BCUT2D eigenvalue weighted by molar-refractivity contribution is -0.150. The maximum atomic E-state index is 11.2. The molecule has 0 bridgehead atoms. The van der Waals surface area contributed by atoms with Gasteiger partial charge in [-0.2, -0.15) is 0 Å². The van der Waals surface area contributed by atoms with Crippen molar-refractivity contribution < 1.29 is 14.7 Å². The highest BCUT2D eigenvalue weighted by Gasteiger charge is 2.46. The van der Waals surface area contributed by atoms with E-state index < -0.39 is 11.4 Å². The van der Waals surface area contributed by atoms with E-state index in [9.17, 15) is 14.7 Å². The highest BCUT2D eigenvalue weighted by molar-refractivity contribution is 5.94. The molecule has 0 saturated heterocycles. The Morgan fingerprint density at radius 2 is 2.29 bits per heavy atom. The van der Waals surface area contributed by atoms with E-state index in [1.54, 1.807) is 6.08 Å². The van der Waals surface area contributed by atoms with E-state index in [1.807, 2.05) is 12.2 Å². The van der Waals surface area contributed by atoms with Gasteiger partial charge in [-0.3, -0.25) is 9.59 Å². The molecule has 3 heteroatoms. The van der Waals surface area contributed by atoms with Crippen molar-refractivity contribution in [1.82, 2.24) is 0 Å². The van der Waals surface area contributed by atoms with Gasteiger partial charge in [-0.05, 0) is 24.8 Å². The molecule has 0 aromatic carbocycles. The number of fused-ring (bicyclic) bond motifs is 1. The molecule has 0 spiro atoms. The Kier molecular flexibility index (Phi) is 2.02. The molecular formula is C11H12O3. The third-order valence-corrected chi connectivity index (χ3v) is 3.18. The van der Waals surface area contributed by atoms with Crippen LogP contribution in [0.2, 0.25) is 0 Å². The highest BCUT2D eigenvalue weighted by atomic mass is 16.4. The molecule has 2 atom stereocenters. The quantitative estimate of drug-likeness (QED) is 0.641.